The smallest absolute Gasteiger partial charge is 0.407 e. The average molecular weight is 361 g/mol. The minimum absolute atomic E-state index is 0.0576. The lowest BCUT2D eigenvalue weighted by atomic mass is 9.77. The third-order valence-corrected chi connectivity index (χ3v) is 5.72. The number of carbonyl (C=O) groups is 1. The van der Waals surface area contributed by atoms with Crippen LogP contribution in [0.5, 0.6) is 0 Å². The molecule has 0 bridgehead atoms. The second-order valence-corrected chi connectivity index (χ2v) is 8.47. The molecule has 1 saturated heterocycles. The molecule has 5 nitrogen and oxygen atoms in total. The average Bonchev–Trinajstić information content (AvgIpc) is 2.85. The molecule has 8 heteroatoms. The lowest BCUT2D eigenvalue weighted by Gasteiger charge is -2.44. The van der Waals surface area contributed by atoms with Crippen LogP contribution < -0.4 is 0 Å². The van der Waals surface area contributed by atoms with Gasteiger partial charge >= 0.3 is 6.09 Å². The summed E-state index contributed by atoms with van der Waals surface area (Å²) >= 11 is 1.40. The Morgan fingerprint density at radius 1 is 1.50 bits per heavy atom. The van der Waals surface area contributed by atoms with Gasteiger partial charge in [0.1, 0.15) is 5.69 Å². The van der Waals surface area contributed by atoms with Crippen LogP contribution in [0.3, 0.4) is 0 Å². The number of aromatic nitrogens is 2. The van der Waals surface area contributed by atoms with Gasteiger partial charge < -0.3 is 10.0 Å². The summed E-state index contributed by atoms with van der Waals surface area (Å²) < 4.78 is 27.4. The quantitative estimate of drug-likeness (QED) is 0.815. The second-order valence-electron chi connectivity index (χ2n) is 7.41. The number of carboxylic acid groups (broad SMARTS) is 1. The van der Waals surface area contributed by atoms with E-state index in [1.54, 1.807) is 13.2 Å². The standard InChI is InChI=1S/C16H25F2N3O2S/c1-16(2,3)12-7-10(5-6-21(12)15(22)23)9-24-11-8-20(4)19-13(11)14(17)18/h8,10,12,14H,5-7,9H2,1-4H3,(H,22,23). The maximum atomic E-state index is 13.0. The van der Waals surface area contributed by atoms with E-state index < -0.39 is 12.5 Å². The Bertz CT molecular complexity index is 586. The summed E-state index contributed by atoms with van der Waals surface area (Å²) in [6.45, 7) is 6.62. The van der Waals surface area contributed by atoms with E-state index in [-0.39, 0.29) is 17.2 Å². The first kappa shape index (κ1) is 19.0. The van der Waals surface area contributed by atoms with Crippen LogP contribution in [0.25, 0.3) is 0 Å². The number of nitrogens with zero attached hydrogens (tertiary/aromatic N) is 3. The zero-order valence-electron chi connectivity index (χ0n) is 14.5. The SMILES string of the molecule is Cn1cc(SCC2CCN(C(=O)O)C(C(C)(C)C)C2)c(C(F)F)n1. The zero-order valence-corrected chi connectivity index (χ0v) is 15.3. The van der Waals surface area contributed by atoms with E-state index in [0.29, 0.717) is 23.1 Å². The number of aryl methyl sites for hydroxylation is 1. The molecule has 1 aromatic heterocycles. The molecule has 2 atom stereocenters. The van der Waals surface area contributed by atoms with Crippen molar-refractivity contribution in [3.63, 3.8) is 0 Å². The number of hydrogen-bond acceptors (Lipinski definition) is 3. The van der Waals surface area contributed by atoms with Gasteiger partial charge in [0.2, 0.25) is 0 Å². The molecule has 1 aromatic rings. The third kappa shape index (κ3) is 4.40. The molecule has 1 amide bonds. The van der Waals surface area contributed by atoms with E-state index in [1.165, 1.54) is 21.3 Å². The molecule has 0 radical (unpaired) electrons. The molecule has 2 unspecified atom stereocenters. The fourth-order valence-corrected chi connectivity index (χ4v) is 4.42. The highest BCUT2D eigenvalue weighted by atomic mass is 32.2. The topological polar surface area (TPSA) is 58.4 Å². The van der Waals surface area contributed by atoms with Crippen molar-refractivity contribution in [1.29, 1.82) is 0 Å². The Morgan fingerprint density at radius 2 is 2.17 bits per heavy atom. The molecule has 1 fully saturated rings. The van der Waals surface area contributed by atoms with Crippen molar-refractivity contribution in [2.24, 2.45) is 18.4 Å². The van der Waals surface area contributed by atoms with Gasteiger partial charge in [-0.2, -0.15) is 5.10 Å². The molecule has 0 aromatic carbocycles. The van der Waals surface area contributed by atoms with Crippen molar-refractivity contribution >= 4 is 17.9 Å². The van der Waals surface area contributed by atoms with Crippen LogP contribution in [0.15, 0.2) is 11.1 Å². The highest BCUT2D eigenvalue weighted by Crippen LogP contribution is 2.38. The summed E-state index contributed by atoms with van der Waals surface area (Å²) in [6.07, 6.45) is -0.318. The lowest BCUT2D eigenvalue weighted by molar-refractivity contribution is 0.0446. The van der Waals surface area contributed by atoms with Gasteiger partial charge in [-0.15, -0.1) is 11.8 Å². The first-order valence-electron chi connectivity index (χ1n) is 8.03. The van der Waals surface area contributed by atoms with Crippen molar-refractivity contribution in [3.8, 4) is 0 Å². The maximum Gasteiger partial charge on any atom is 0.407 e. The summed E-state index contributed by atoms with van der Waals surface area (Å²) in [4.78, 5) is 13.5. The molecule has 1 aliphatic rings. The molecule has 1 N–H and O–H groups in total. The summed E-state index contributed by atoms with van der Waals surface area (Å²) in [5.41, 5.74) is -0.317. The van der Waals surface area contributed by atoms with Crippen molar-refractivity contribution in [2.45, 2.75) is 51.0 Å². The monoisotopic (exact) mass is 361 g/mol. The van der Waals surface area contributed by atoms with Gasteiger partial charge in [-0.05, 0) is 24.2 Å². The Kier molecular flexibility index (Phi) is 5.78. The van der Waals surface area contributed by atoms with E-state index in [2.05, 4.69) is 5.10 Å². The second kappa shape index (κ2) is 7.29. The Labute approximate surface area is 145 Å². The largest absolute Gasteiger partial charge is 0.465 e. The van der Waals surface area contributed by atoms with Gasteiger partial charge in [-0.25, -0.2) is 13.6 Å². The summed E-state index contributed by atoms with van der Waals surface area (Å²) in [6, 6.07) is -0.0576. The number of halogens is 2. The lowest BCUT2D eigenvalue weighted by Crippen LogP contribution is -2.51. The van der Waals surface area contributed by atoms with Gasteiger partial charge in [-0.1, -0.05) is 20.8 Å². The molecular formula is C16H25F2N3O2S. The Morgan fingerprint density at radius 3 is 2.71 bits per heavy atom. The van der Waals surface area contributed by atoms with Crippen LogP contribution in [0.1, 0.15) is 45.7 Å². The number of thioether (sulfide) groups is 1. The van der Waals surface area contributed by atoms with Gasteiger partial charge in [0.05, 0.1) is 4.90 Å². The van der Waals surface area contributed by atoms with E-state index in [4.69, 9.17) is 0 Å². The van der Waals surface area contributed by atoms with E-state index in [1.807, 2.05) is 20.8 Å². The van der Waals surface area contributed by atoms with Crippen molar-refractivity contribution in [3.05, 3.63) is 11.9 Å². The van der Waals surface area contributed by atoms with Crippen LogP contribution in [-0.2, 0) is 7.05 Å². The highest BCUT2D eigenvalue weighted by molar-refractivity contribution is 7.99. The Hall–Kier alpha value is -1.31. The van der Waals surface area contributed by atoms with E-state index in [9.17, 15) is 18.7 Å². The minimum atomic E-state index is -2.58. The number of alkyl halides is 2. The fourth-order valence-electron chi connectivity index (χ4n) is 3.19. The molecule has 0 saturated carbocycles. The first-order valence-corrected chi connectivity index (χ1v) is 9.02. The molecule has 2 heterocycles. The van der Waals surface area contributed by atoms with Crippen LogP contribution in [-0.4, -0.2) is 44.2 Å². The van der Waals surface area contributed by atoms with E-state index in [0.717, 1.165) is 12.8 Å². The molecule has 0 spiro atoms. The predicted molar refractivity (Wildman–Crippen MR) is 89.6 cm³/mol. The predicted octanol–water partition coefficient (Wildman–Crippen LogP) is 4.25. The molecular weight excluding hydrogens is 336 g/mol. The van der Waals surface area contributed by atoms with Crippen LogP contribution >= 0.6 is 11.8 Å². The van der Waals surface area contributed by atoms with Crippen molar-refractivity contribution in [1.82, 2.24) is 14.7 Å². The molecule has 24 heavy (non-hydrogen) atoms. The van der Waals surface area contributed by atoms with Gasteiger partial charge in [0, 0.05) is 31.6 Å². The summed E-state index contributed by atoms with van der Waals surface area (Å²) in [5.74, 6) is 1.01. The molecule has 136 valence electrons. The maximum absolute atomic E-state index is 13.0. The number of likely N-dealkylation sites (tertiary alicyclic amines) is 1. The van der Waals surface area contributed by atoms with Gasteiger partial charge in [0.15, 0.2) is 0 Å². The number of amides is 1. The fraction of sp³-hybridized carbons (Fsp3) is 0.750. The van der Waals surface area contributed by atoms with E-state index >= 15 is 0 Å². The highest BCUT2D eigenvalue weighted by Gasteiger charge is 2.38. The number of rotatable bonds is 4. The molecule has 2 rings (SSSR count). The van der Waals surface area contributed by atoms with Crippen LogP contribution in [0, 0.1) is 11.3 Å². The number of piperidine rings is 1. The van der Waals surface area contributed by atoms with Crippen LogP contribution in [0.2, 0.25) is 0 Å². The van der Waals surface area contributed by atoms with Crippen LogP contribution in [0.4, 0.5) is 13.6 Å². The summed E-state index contributed by atoms with van der Waals surface area (Å²) in [5, 5.41) is 13.2. The van der Waals surface area contributed by atoms with Gasteiger partial charge in [-0.3, -0.25) is 4.68 Å². The number of hydrogen-bond donors (Lipinski definition) is 1. The first-order chi connectivity index (χ1) is 11.1. The molecule has 1 aliphatic heterocycles. The minimum Gasteiger partial charge on any atom is -0.465 e. The molecule has 0 aliphatic carbocycles. The normalized spacial score (nSPS) is 22.2. The van der Waals surface area contributed by atoms with Crippen molar-refractivity contribution in [2.75, 3.05) is 12.3 Å². The zero-order chi connectivity index (χ0) is 18.1. The van der Waals surface area contributed by atoms with Crippen molar-refractivity contribution < 1.29 is 18.7 Å². The van der Waals surface area contributed by atoms with Gasteiger partial charge in [0.25, 0.3) is 6.43 Å². The summed E-state index contributed by atoms with van der Waals surface area (Å²) in [7, 11) is 1.64. The Balaban J connectivity index is 2.03. The third-order valence-electron chi connectivity index (χ3n) is 4.46.